The van der Waals surface area contributed by atoms with Gasteiger partial charge in [-0.15, -0.1) is 0 Å². The zero-order valence-corrected chi connectivity index (χ0v) is 15.2. The highest BCUT2D eigenvalue weighted by Gasteiger charge is 2.37. The Bertz CT molecular complexity index is 1140. The van der Waals surface area contributed by atoms with Crippen LogP contribution in [0.15, 0.2) is 97.1 Å². The maximum absolute atomic E-state index is 6.75. The van der Waals surface area contributed by atoms with E-state index in [1.165, 1.54) is 16.3 Å². The molecule has 0 radical (unpaired) electrons. The molecule has 1 atom stereocenters. The van der Waals surface area contributed by atoms with E-state index >= 15 is 0 Å². The van der Waals surface area contributed by atoms with E-state index in [9.17, 15) is 0 Å². The highest BCUT2D eigenvalue weighted by Crippen LogP contribution is 2.44. The van der Waals surface area contributed by atoms with Gasteiger partial charge >= 0.3 is 0 Å². The largest absolute Gasteiger partial charge is 0.473 e. The first-order valence-corrected chi connectivity index (χ1v) is 9.29. The SMILES string of the molecule is Cc1ccc(C2(c3ccccc3)C=Cc3c(ccc4ccccc34)O2)cc1. The van der Waals surface area contributed by atoms with Crippen LogP contribution in [0.1, 0.15) is 22.3 Å². The van der Waals surface area contributed by atoms with E-state index in [1.807, 2.05) is 6.07 Å². The van der Waals surface area contributed by atoms with E-state index in [0.29, 0.717) is 0 Å². The summed E-state index contributed by atoms with van der Waals surface area (Å²) in [6.07, 6.45) is 4.41. The monoisotopic (exact) mass is 348 g/mol. The zero-order chi connectivity index (χ0) is 18.3. The lowest BCUT2D eigenvalue weighted by atomic mass is 9.83. The summed E-state index contributed by atoms with van der Waals surface area (Å²) in [7, 11) is 0. The minimum atomic E-state index is -0.621. The predicted molar refractivity (Wildman–Crippen MR) is 112 cm³/mol. The molecule has 1 unspecified atom stereocenters. The maximum atomic E-state index is 6.75. The summed E-state index contributed by atoms with van der Waals surface area (Å²) in [5.74, 6) is 0.917. The Kier molecular flexibility index (Phi) is 3.61. The molecule has 1 aliphatic heterocycles. The molecule has 0 N–H and O–H groups in total. The first kappa shape index (κ1) is 15.9. The number of rotatable bonds is 2. The summed E-state index contributed by atoms with van der Waals surface area (Å²) in [6.45, 7) is 2.11. The van der Waals surface area contributed by atoms with E-state index in [1.54, 1.807) is 0 Å². The summed E-state index contributed by atoms with van der Waals surface area (Å²) >= 11 is 0. The van der Waals surface area contributed by atoms with E-state index in [-0.39, 0.29) is 0 Å². The second-order valence-corrected chi connectivity index (χ2v) is 7.10. The smallest absolute Gasteiger partial charge is 0.178 e. The van der Waals surface area contributed by atoms with Crippen molar-refractivity contribution in [2.75, 3.05) is 0 Å². The van der Waals surface area contributed by atoms with Gasteiger partial charge in [0.1, 0.15) is 5.75 Å². The summed E-state index contributed by atoms with van der Waals surface area (Å²) in [5.41, 5.74) is 4.03. The molecule has 4 aromatic rings. The van der Waals surface area contributed by atoms with Gasteiger partial charge in [-0.25, -0.2) is 0 Å². The highest BCUT2D eigenvalue weighted by molar-refractivity contribution is 5.94. The summed E-state index contributed by atoms with van der Waals surface area (Å²) in [4.78, 5) is 0. The third kappa shape index (κ3) is 2.55. The molecule has 0 saturated heterocycles. The van der Waals surface area contributed by atoms with E-state index in [2.05, 4.69) is 104 Å². The number of aryl methyl sites for hydroxylation is 1. The lowest BCUT2D eigenvalue weighted by Gasteiger charge is -2.36. The van der Waals surface area contributed by atoms with Crippen LogP contribution in [-0.2, 0) is 5.60 Å². The van der Waals surface area contributed by atoms with Gasteiger partial charge in [-0.2, -0.15) is 0 Å². The highest BCUT2D eigenvalue weighted by atomic mass is 16.5. The van der Waals surface area contributed by atoms with E-state index in [4.69, 9.17) is 4.74 Å². The minimum Gasteiger partial charge on any atom is -0.473 e. The number of ether oxygens (including phenoxy) is 1. The average molecular weight is 348 g/mol. The van der Waals surface area contributed by atoms with Gasteiger partial charge in [-0.05, 0) is 35.9 Å². The van der Waals surface area contributed by atoms with Gasteiger partial charge in [0.25, 0.3) is 0 Å². The second kappa shape index (κ2) is 6.14. The fraction of sp³-hybridized carbons (Fsp3) is 0.0769. The molecule has 1 heteroatoms. The van der Waals surface area contributed by atoms with Crippen LogP contribution in [0.25, 0.3) is 16.8 Å². The van der Waals surface area contributed by atoms with Crippen molar-refractivity contribution < 1.29 is 4.74 Å². The molecule has 130 valence electrons. The predicted octanol–water partition coefficient (Wildman–Crippen LogP) is 6.50. The van der Waals surface area contributed by atoms with Crippen LogP contribution in [0.2, 0.25) is 0 Å². The van der Waals surface area contributed by atoms with Crippen molar-refractivity contribution in [3.8, 4) is 5.75 Å². The minimum absolute atomic E-state index is 0.621. The topological polar surface area (TPSA) is 9.23 Å². The number of fused-ring (bicyclic) bond motifs is 3. The van der Waals surface area contributed by atoms with Gasteiger partial charge in [-0.1, -0.05) is 90.5 Å². The summed E-state index contributed by atoms with van der Waals surface area (Å²) in [5, 5.41) is 2.45. The molecule has 0 amide bonds. The number of hydrogen-bond acceptors (Lipinski definition) is 1. The molecule has 1 nitrogen and oxygen atoms in total. The standard InChI is InChI=1S/C26H20O/c1-19-11-14-22(15-12-19)26(21-8-3-2-4-9-21)18-17-24-23-10-6-5-7-20(23)13-16-25(24)27-26/h2-18H,1H3. The van der Waals surface area contributed by atoms with E-state index in [0.717, 1.165) is 22.4 Å². The lowest BCUT2D eigenvalue weighted by Crippen LogP contribution is -2.34. The molecular weight excluding hydrogens is 328 g/mol. The van der Waals surface area contributed by atoms with Crippen molar-refractivity contribution >= 4 is 16.8 Å². The second-order valence-electron chi connectivity index (χ2n) is 7.10. The molecule has 0 spiro atoms. The molecule has 0 saturated carbocycles. The van der Waals surface area contributed by atoms with Gasteiger partial charge in [0.15, 0.2) is 5.60 Å². The Labute approximate surface area is 159 Å². The Morgan fingerprint density at radius 3 is 2.19 bits per heavy atom. The molecule has 5 rings (SSSR count). The molecule has 0 aromatic heterocycles. The van der Waals surface area contributed by atoms with Crippen molar-refractivity contribution in [1.82, 2.24) is 0 Å². The van der Waals surface area contributed by atoms with E-state index < -0.39 is 5.60 Å². The van der Waals surface area contributed by atoms with Crippen LogP contribution >= 0.6 is 0 Å². The normalized spacial score (nSPS) is 18.1. The Hall–Kier alpha value is -3.32. The molecule has 0 fully saturated rings. The fourth-order valence-corrected chi connectivity index (χ4v) is 3.91. The first-order chi connectivity index (χ1) is 13.3. The first-order valence-electron chi connectivity index (χ1n) is 9.29. The van der Waals surface area contributed by atoms with Gasteiger partial charge in [0.05, 0.1) is 0 Å². The quantitative estimate of drug-likeness (QED) is 0.402. The Morgan fingerprint density at radius 1 is 0.667 bits per heavy atom. The van der Waals surface area contributed by atoms with Gasteiger partial charge in [-0.3, -0.25) is 0 Å². The third-order valence-electron chi connectivity index (χ3n) is 5.37. The third-order valence-corrected chi connectivity index (χ3v) is 5.37. The zero-order valence-electron chi connectivity index (χ0n) is 15.2. The maximum Gasteiger partial charge on any atom is 0.178 e. The Balaban J connectivity index is 1.74. The molecule has 1 heterocycles. The van der Waals surface area contributed by atoms with Crippen molar-refractivity contribution in [3.63, 3.8) is 0 Å². The number of benzene rings is 4. The number of hydrogen-bond donors (Lipinski definition) is 0. The van der Waals surface area contributed by atoms with Gasteiger partial charge in [0.2, 0.25) is 0 Å². The van der Waals surface area contributed by atoms with Crippen LogP contribution in [0, 0.1) is 6.92 Å². The molecule has 0 bridgehead atoms. The van der Waals surface area contributed by atoms with Crippen LogP contribution < -0.4 is 4.74 Å². The lowest BCUT2D eigenvalue weighted by molar-refractivity contribution is 0.161. The van der Waals surface area contributed by atoms with Crippen LogP contribution in [-0.4, -0.2) is 0 Å². The molecule has 0 aliphatic carbocycles. The van der Waals surface area contributed by atoms with Crippen LogP contribution in [0.5, 0.6) is 5.75 Å². The summed E-state index contributed by atoms with van der Waals surface area (Å²) in [6, 6.07) is 31.7. The van der Waals surface area contributed by atoms with Gasteiger partial charge in [0, 0.05) is 16.7 Å². The van der Waals surface area contributed by atoms with Crippen molar-refractivity contribution in [2.24, 2.45) is 0 Å². The molecule has 27 heavy (non-hydrogen) atoms. The molecule has 4 aromatic carbocycles. The summed E-state index contributed by atoms with van der Waals surface area (Å²) < 4.78 is 6.75. The Morgan fingerprint density at radius 2 is 1.37 bits per heavy atom. The molecule has 1 aliphatic rings. The van der Waals surface area contributed by atoms with Crippen molar-refractivity contribution in [3.05, 3.63) is 119 Å². The fourth-order valence-electron chi connectivity index (χ4n) is 3.91. The van der Waals surface area contributed by atoms with Crippen LogP contribution in [0.3, 0.4) is 0 Å². The van der Waals surface area contributed by atoms with Gasteiger partial charge < -0.3 is 4.74 Å². The van der Waals surface area contributed by atoms with Crippen LogP contribution in [0.4, 0.5) is 0 Å². The van der Waals surface area contributed by atoms with Crippen molar-refractivity contribution in [2.45, 2.75) is 12.5 Å². The average Bonchev–Trinajstić information content (AvgIpc) is 2.74. The van der Waals surface area contributed by atoms with Crippen molar-refractivity contribution in [1.29, 1.82) is 0 Å². The molecular formula is C26H20O.